The zero-order chi connectivity index (χ0) is 16.0. The lowest BCUT2D eigenvalue weighted by molar-refractivity contribution is -0.140. The zero-order valence-corrected chi connectivity index (χ0v) is 13.0. The van der Waals surface area contributed by atoms with Gasteiger partial charge >= 0.3 is 5.97 Å². The van der Waals surface area contributed by atoms with Gasteiger partial charge in [-0.2, -0.15) is 11.8 Å². The van der Waals surface area contributed by atoms with Gasteiger partial charge in [0.05, 0.1) is 5.75 Å². The first-order chi connectivity index (χ1) is 9.88. The van der Waals surface area contributed by atoms with Gasteiger partial charge in [0.1, 0.15) is 17.6 Å². The molecule has 2 atom stereocenters. The predicted molar refractivity (Wildman–Crippen MR) is 80.4 cm³/mol. The highest BCUT2D eigenvalue weighted by Crippen LogP contribution is 2.09. The van der Waals surface area contributed by atoms with Crippen molar-refractivity contribution in [3.8, 4) is 0 Å². The fourth-order valence-electron chi connectivity index (χ4n) is 1.73. The fourth-order valence-corrected chi connectivity index (χ4v) is 2.14. The number of H-pyrrole nitrogens is 1. The van der Waals surface area contributed by atoms with Gasteiger partial charge in [-0.25, -0.2) is 9.78 Å². The minimum Gasteiger partial charge on any atom is -0.480 e. The summed E-state index contributed by atoms with van der Waals surface area (Å²) in [7, 11) is 0. The molecule has 1 heterocycles. The van der Waals surface area contributed by atoms with E-state index in [1.807, 2.05) is 13.2 Å². The van der Waals surface area contributed by atoms with E-state index in [2.05, 4.69) is 15.3 Å². The summed E-state index contributed by atoms with van der Waals surface area (Å²) in [6.07, 6.45) is 2.45. The van der Waals surface area contributed by atoms with Crippen LogP contribution in [0.2, 0.25) is 0 Å². The third-order valence-corrected chi connectivity index (χ3v) is 3.63. The monoisotopic (exact) mass is 313 g/mol. The number of carbonyl (C=O) groups excluding carboxylic acids is 1. The molecule has 0 aliphatic carbocycles. The van der Waals surface area contributed by atoms with E-state index < -0.39 is 23.5 Å². The Morgan fingerprint density at radius 1 is 1.52 bits per heavy atom. The van der Waals surface area contributed by atoms with Crippen molar-refractivity contribution >= 4 is 23.6 Å². The van der Waals surface area contributed by atoms with E-state index in [9.17, 15) is 14.4 Å². The lowest BCUT2D eigenvalue weighted by atomic mass is 9.99. The summed E-state index contributed by atoms with van der Waals surface area (Å²) in [5, 5.41) is 11.6. The Hall–Kier alpha value is -1.83. The highest BCUT2D eigenvalue weighted by Gasteiger charge is 2.26. The Morgan fingerprint density at radius 2 is 2.19 bits per heavy atom. The summed E-state index contributed by atoms with van der Waals surface area (Å²) < 4.78 is 0. The van der Waals surface area contributed by atoms with Crippen molar-refractivity contribution in [3.63, 3.8) is 0 Å². The number of carbonyl (C=O) groups is 2. The quantitative estimate of drug-likeness (QED) is 0.688. The number of nitrogens with zero attached hydrogens (tertiary/aromatic N) is 1. The maximum absolute atomic E-state index is 12.1. The summed E-state index contributed by atoms with van der Waals surface area (Å²) in [5.74, 6) is -1.14. The Balaban J connectivity index is 2.97. The van der Waals surface area contributed by atoms with Crippen LogP contribution >= 0.6 is 11.8 Å². The van der Waals surface area contributed by atoms with Crippen molar-refractivity contribution < 1.29 is 14.7 Å². The van der Waals surface area contributed by atoms with Gasteiger partial charge < -0.3 is 15.4 Å². The molecule has 2 unspecified atom stereocenters. The summed E-state index contributed by atoms with van der Waals surface area (Å²) in [6.45, 7) is 3.58. The maximum atomic E-state index is 12.1. The molecule has 21 heavy (non-hydrogen) atoms. The van der Waals surface area contributed by atoms with Crippen molar-refractivity contribution in [2.45, 2.75) is 32.1 Å². The number of nitrogens with one attached hydrogen (secondary N) is 2. The molecule has 1 aromatic rings. The molecule has 1 amide bonds. The maximum Gasteiger partial charge on any atom is 0.326 e. The van der Waals surface area contributed by atoms with E-state index in [0.717, 1.165) is 6.07 Å². The number of aliphatic carboxylic acids is 1. The standard InChI is InChI=1S/C13H19N3O4S/c1-4-7(2)11(13(19)20)16-12(18)8-5-10(17)15-9(14-8)6-21-3/h5,7,11H,4,6H2,1-3H3,(H,16,18)(H,19,20)(H,14,15,17). The number of hydrogen-bond donors (Lipinski definition) is 3. The molecule has 0 aliphatic rings. The van der Waals surface area contributed by atoms with Crippen LogP contribution in [0.15, 0.2) is 10.9 Å². The van der Waals surface area contributed by atoms with E-state index in [-0.39, 0.29) is 11.6 Å². The van der Waals surface area contributed by atoms with Crippen LogP contribution in [-0.4, -0.2) is 39.2 Å². The zero-order valence-electron chi connectivity index (χ0n) is 12.2. The van der Waals surface area contributed by atoms with Crippen LogP contribution < -0.4 is 10.9 Å². The van der Waals surface area contributed by atoms with E-state index in [1.54, 1.807) is 6.92 Å². The number of aromatic amines is 1. The first kappa shape index (κ1) is 17.2. The fraction of sp³-hybridized carbons (Fsp3) is 0.538. The van der Waals surface area contributed by atoms with E-state index in [4.69, 9.17) is 5.11 Å². The molecule has 0 radical (unpaired) electrons. The summed E-state index contributed by atoms with van der Waals surface area (Å²) in [6, 6.07) is 0.0573. The first-order valence-corrected chi connectivity index (χ1v) is 7.91. The SMILES string of the molecule is CCC(C)C(NC(=O)c1cc(=O)[nH]c(CSC)n1)C(=O)O. The summed E-state index contributed by atoms with van der Waals surface area (Å²) >= 11 is 1.45. The highest BCUT2D eigenvalue weighted by molar-refractivity contribution is 7.97. The number of thioether (sulfide) groups is 1. The number of carboxylic acid groups (broad SMARTS) is 1. The molecule has 1 rings (SSSR count). The van der Waals surface area contributed by atoms with E-state index in [0.29, 0.717) is 18.0 Å². The molecule has 116 valence electrons. The lowest BCUT2D eigenvalue weighted by Gasteiger charge is -2.19. The molecule has 0 saturated carbocycles. The number of hydrogen-bond acceptors (Lipinski definition) is 5. The van der Waals surface area contributed by atoms with Crippen molar-refractivity contribution in [2.24, 2.45) is 5.92 Å². The van der Waals surface area contributed by atoms with E-state index >= 15 is 0 Å². The normalized spacial score (nSPS) is 13.5. The minimum atomic E-state index is -1.10. The van der Waals surface area contributed by atoms with Gasteiger partial charge in [-0.1, -0.05) is 20.3 Å². The summed E-state index contributed by atoms with van der Waals surface area (Å²) in [4.78, 5) is 41.4. The third kappa shape index (κ3) is 4.89. The predicted octanol–water partition coefficient (Wildman–Crippen LogP) is 0.862. The molecular formula is C13H19N3O4S. The van der Waals surface area contributed by atoms with Crippen molar-refractivity contribution in [2.75, 3.05) is 6.26 Å². The Labute approximate surface area is 126 Å². The van der Waals surface area contributed by atoms with E-state index in [1.165, 1.54) is 11.8 Å². The third-order valence-electron chi connectivity index (χ3n) is 3.07. The minimum absolute atomic E-state index is 0.0719. The van der Waals surface area contributed by atoms with Crippen LogP contribution in [0.25, 0.3) is 0 Å². The second kappa shape index (κ2) is 7.82. The van der Waals surface area contributed by atoms with Gasteiger partial charge in [0.15, 0.2) is 0 Å². The molecule has 3 N–H and O–H groups in total. The molecule has 0 aromatic carbocycles. The molecule has 7 nitrogen and oxygen atoms in total. The van der Waals surface area contributed by atoms with Crippen LogP contribution in [0.1, 0.15) is 36.6 Å². The van der Waals surface area contributed by atoms with Crippen LogP contribution in [0.4, 0.5) is 0 Å². The molecule has 0 bridgehead atoms. The molecular weight excluding hydrogens is 294 g/mol. The Bertz CT molecular complexity index is 573. The topological polar surface area (TPSA) is 112 Å². The highest BCUT2D eigenvalue weighted by atomic mass is 32.2. The van der Waals surface area contributed by atoms with Crippen LogP contribution in [0, 0.1) is 5.92 Å². The smallest absolute Gasteiger partial charge is 0.326 e. The number of carboxylic acids is 1. The number of aromatic nitrogens is 2. The molecule has 0 spiro atoms. The average Bonchev–Trinajstić information content (AvgIpc) is 2.43. The van der Waals surface area contributed by atoms with Gasteiger partial charge in [0.2, 0.25) is 0 Å². The average molecular weight is 313 g/mol. The largest absolute Gasteiger partial charge is 0.480 e. The number of rotatable bonds is 7. The number of amides is 1. The van der Waals surface area contributed by atoms with Gasteiger partial charge in [-0.15, -0.1) is 0 Å². The van der Waals surface area contributed by atoms with Crippen LogP contribution in [-0.2, 0) is 10.5 Å². The van der Waals surface area contributed by atoms with Gasteiger partial charge in [0, 0.05) is 6.07 Å². The molecule has 0 aliphatic heterocycles. The Morgan fingerprint density at radius 3 is 2.71 bits per heavy atom. The Kier molecular flexibility index (Phi) is 6.41. The molecule has 0 saturated heterocycles. The van der Waals surface area contributed by atoms with Crippen LogP contribution in [0.3, 0.4) is 0 Å². The van der Waals surface area contributed by atoms with Crippen molar-refractivity contribution in [1.29, 1.82) is 0 Å². The van der Waals surface area contributed by atoms with Crippen LogP contribution in [0.5, 0.6) is 0 Å². The van der Waals surface area contributed by atoms with Crippen molar-refractivity contribution in [1.82, 2.24) is 15.3 Å². The second-order valence-corrected chi connectivity index (χ2v) is 5.55. The van der Waals surface area contributed by atoms with Gasteiger partial charge in [-0.3, -0.25) is 9.59 Å². The van der Waals surface area contributed by atoms with Crippen molar-refractivity contribution in [3.05, 3.63) is 27.9 Å². The molecule has 8 heteroatoms. The summed E-state index contributed by atoms with van der Waals surface area (Å²) in [5.41, 5.74) is -0.507. The first-order valence-electron chi connectivity index (χ1n) is 6.51. The second-order valence-electron chi connectivity index (χ2n) is 4.69. The lowest BCUT2D eigenvalue weighted by Crippen LogP contribution is -2.45. The molecule has 0 fully saturated rings. The molecule has 1 aromatic heterocycles. The van der Waals surface area contributed by atoms with Gasteiger partial charge in [0.25, 0.3) is 11.5 Å². The van der Waals surface area contributed by atoms with Gasteiger partial charge in [-0.05, 0) is 12.2 Å².